The SMILES string of the molecule is CC1=CC=CC(c2cn[nH]c2)CC1. The summed E-state index contributed by atoms with van der Waals surface area (Å²) in [5, 5.41) is 6.83. The third-order valence-electron chi connectivity index (χ3n) is 2.52. The molecule has 0 radical (unpaired) electrons. The Morgan fingerprint density at radius 3 is 3.23 bits per heavy atom. The van der Waals surface area contributed by atoms with Gasteiger partial charge in [-0.05, 0) is 25.3 Å². The van der Waals surface area contributed by atoms with Gasteiger partial charge in [0.1, 0.15) is 0 Å². The van der Waals surface area contributed by atoms with Crippen molar-refractivity contribution in [2.24, 2.45) is 0 Å². The topological polar surface area (TPSA) is 28.7 Å². The number of H-pyrrole nitrogens is 1. The summed E-state index contributed by atoms with van der Waals surface area (Å²) in [6.45, 7) is 2.18. The van der Waals surface area contributed by atoms with Crippen LogP contribution in [0.5, 0.6) is 0 Å². The highest BCUT2D eigenvalue weighted by molar-refractivity contribution is 5.24. The maximum Gasteiger partial charge on any atom is 0.0525 e. The van der Waals surface area contributed by atoms with E-state index in [9.17, 15) is 0 Å². The van der Waals surface area contributed by atoms with Crippen LogP contribution < -0.4 is 0 Å². The van der Waals surface area contributed by atoms with Crippen molar-refractivity contribution in [3.63, 3.8) is 0 Å². The zero-order valence-corrected chi connectivity index (χ0v) is 7.83. The van der Waals surface area contributed by atoms with Gasteiger partial charge in [-0.1, -0.05) is 23.8 Å². The van der Waals surface area contributed by atoms with E-state index in [-0.39, 0.29) is 0 Å². The maximum absolute atomic E-state index is 3.97. The average Bonchev–Trinajstić information content (AvgIpc) is 2.56. The number of aromatic nitrogens is 2. The minimum atomic E-state index is 0.535. The zero-order valence-electron chi connectivity index (χ0n) is 7.83. The summed E-state index contributed by atoms with van der Waals surface area (Å²) in [7, 11) is 0. The Kier molecular flexibility index (Phi) is 2.30. The number of aromatic amines is 1. The standard InChI is InChI=1S/C11H14N2/c1-9-3-2-4-10(6-5-9)11-7-12-13-8-11/h2-4,7-8,10H,5-6H2,1H3,(H,12,13). The molecule has 1 N–H and O–H groups in total. The molecule has 2 rings (SSSR count). The normalized spacial score (nSPS) is 22.5. The van der Waals surface area contributed by atoms with Gasteiger partial charge >= 0.3 is 0 Å². The van der Waals surface area contributed by atoms with Gasteiger partial charge in [0.2, 0.25) is 0 Å². The molecular formula is C11H14N2. The minimum absolute atomic E-state index is 0.535. The molecule has 1 aliphatic carbocycles. The number of nitrogens with zero attached hydrogens (tertiary/aromatic N) is 1. The highest BCUT2D eigenvalue weighted by atomic mass is 15.1. The summed E-state index contributed by atoms with van der Waals surface area (Å²) in [6.07, 6.45) is 12.9. The lowest BCUT2D eigenvalue weighted by atomic mass is 9.96. The Bertz CT molecular complexity index is 320. The molecule has 1 aromatic rings. The van der Waals surface area contributed by atoms with Gasteiger partial charge in [-0.2, -0.15) is 5.10 Å². The molecule has 1 aromatic heterocycles. The van der Waals surface area contributed by atoms with Gasteiger partial charge in [0.15, 0.2) is 0 Å². The lowest BCUT2D eigenvalue weighted by Gasteiger charge is -2.07. The number of hydrogen-bond donors (Lipinski definition) is 1. The van der Waals surface area contributed by atoms with Gasteiger partial charge in [-0.3, -0.25) is 5.10 Å². The first-order chi connectivity index (χ1) is 6.36. The third-order valence-corrected chi connectivity index (χ3v) is 2.52. The first-order valence-electron chi connectivity index (χ1n) is 4.69. The molecule has 2 heteroatoms. The summed E-state index contributed by atoms with van der Waals surface area (Å²) >= 11 is 0. The molecule has 1 unspecified atom stereocenters. The van der Waals surface area contributed by atoms with Gasteiger partial charge in [0, 0.05) is 12.1 Å². The second-order valence-corrected chi connectivity index (χ2v) is 3.57. The number of nitrogens with one attached hydrogen (secondary N) is 1. The Hall–Kier alpha value is -1.31. The van der Waals surface area contributed by atoms with Crippen molar-refractivity contribution in [1.82, 2.24) is 10.2 Å². The fourth-order valence-electron chi connectivity index (χ4n) is 1.66. The Labute approximate surface area is 78.4 Å². The predicted octanol–water partition coefficient (Wildman–Crippen LogP) is 2.79. The van der Waals surface area contributed by atoms with Gasteiger partial charge in [0.05, 0.1) is 6.20 Å². The molecule has 0 aliphatic heterocycles. The number of allylic oxidation sites excluding steroid dienone is 4. The highest BCUT2D eigenvalue weighted by Crippen LogP contribution is 2.26. The van der Waals surface area contributed by atoms with Gasteiger partial charge in [-0.25, -0.2) is 0 Å². The van der Waals surface area contributed by atoms with E-state index in [2.05, 4.69) is 35.3 Å². The van der Waals surface area contributed by atoms with E-state index in [0.717, 1.165) is 0 Å². The summed E-state index contributed by atoms with van der Waals surface area (Å²) in [5.41, 5.74) is 2.75. The van der Waals surface area contributed by atoms with Crippen LogP contribution in [0.25, 0.3) is 0 Å². The maximum atomic E-state index is 3.97. The fraction of sp³-hybridized carbons (Fsp3) is 0.364. The lowest BCUT2D eigenvalue weighted by molar-refractivity contribution is 0.738. The summed E-state index contributed by atoms with van der Waals surface area (Å²) in [6, 6.07) is 0. The van der Waals surface area contributed by atoms with Gasteiger partial charge in [-0.15, -0.1) is 0 Å². The van der Waals surface area contributed by atoms with Gasteiger partial charge in [0.25, 0.3) is 0 Å². The number of rotatable bonds is 1. The van der Waals surface area contributed by atoms with Crippen LogP contribution in [0.3, 0.4) is 0 Å². The van der Waals surface area contributed by atoms with E-state index >= 15 is 0 Å². The fourth-order valence-corrected chi connectivity index (χ4v) is 1.66. The van der Waals surface area contributed by atoms with Crippen LogP contribution in [-0.4, -0.2) is 10.2 Å². The van der Waals surface area contributed by atoms with Crippen molar-refractivity contribution in [2.45, 2.75) is 25.7 Å². The molecule has 0 saturated carbocycles. The van der Waals surface area contributed by atoms with E-state index in [1.807, 2.05) is 12.4 Å². The number of hydrogen-bond acceptors (Lipinski definition) is 1. The molecular weight excluding hydrogens is 160 g/mol. The Morgan fingerprint density at radius 1 is 1.54 bits per heavy atom. The minimum Gasteiger partial charge on any atom is -0.285 e. The third kappa shape index (κ3) is 1.89. The predicted molar refractivity (Wildman–Crippen MR) is 53.5 cm³/mol. The smallest absolute Gasteiger partial charge is 0.0525 e. The van der Waals surface area contributed by atoms with E-state index in [0.29, 0.717) is 5.92 Å². The van der Waals surface area contributed by atoms with Gasteiger partial charge < -0.3 is 0 Å². The van der Waals surface area contributed by atoms with E-state index < -0.39 is 0 Å². The van der Waals surface area contributed by atoms with Crippen LogP contribution in [0.15, 0.2) is 36.2 Å². The molecule has 0 fully saturated rings. The van der Waals surface area contributed by atoms with Crippen LogP contribution in [0, 0.1) is 0 Å². The molecule has 68 valence electrons. The quantitative estimate of drug-likeness (QED) is 0.696. The molecule has 0 aromatic carbocycles. The molecule has 1 aliphatic rings. The molecule has 13 heavy (non-hydrogen) atoms. The molecule has 0 amide bonds. The molecule has 0 spiro atoms. The van der Waals surface area contributed by atoms with Crippen LogP contribution >= 0.6 is 0 Å². The van der Waals surface area contributed by atoms with Crippen molar-refractivity contribution >= 4 is 0 Å². The van der Waals surface area contributed by atoms with Crippen molar-refractivity contribution < 1.29 is 0 Å². The molecule has 1 heterocycles. The van der Waals surface area contributed by atoms with Crippen LogP contribution in [0.2, 0.25) is 0 Å². The van der Waals surface area contributed by atoms with E-state index in [1.165, 1.54) is 24.0 Å². The largest absolute Gasteiger partial charge is 0.285 e. The van der Waals surface area contributed by atoms with Crippen LogP contribution in [-0.2, 0) is 0 Å². The first-order valence-corrected chi connectivity index (χ1v) is 4.69. The average molecular weight is 174 g/mol. The van der Waals surface area contributed by atoms with E-state index in [4.69, 9.17) is 0 Å². The van der Waals surface area contributed by atoms with Crippen molar-refractivity contribution in [1.29, 1.82) is 0 Å². The molecule has 0 bridgehead atoms. The summed E-state index contributed by atoms with van der Waals surface area (Å²) < 4.78 is 0. The van der Waals surface area contributed by atoms with E-state index in [1.54, 1.807) is 0 Å². The monoisotopic (exact) mass is 174 g/mol. The van der Waals surface area contributed by atoms with Crippen LogP contribution in [0.1, 0.15) is 31.2 Å². The van der Waals surface area contributed by atoms with Crippen molar-refractivity contribution in [2.75, 3.05) is 0 Å². The van der Waals surface area contributed by atoms with Crippen molar-refractivity contribution in [3.8, 4) is 0 Å². The Morgan fingerprint density at radius 2 is 2.46 bits per heavy atom. The van der Waals surface area contributed by atoms with Crippen LogP contribution in [0.4, 0.5) is 0 Å². The zero-order chi connectivity index (χ0) is 9.10. The summed E-state index contributed by atoms with van der Waals surface area (Å²) in [4.78, 5) is 0. The molecule has 2 nitrogen and oxygen atoms in total. The first kappa shape index (κ1) is 8.30. The highest BCUT2D eigenvalue weighted by Gasteiger charge is 2.10. The molecule has 0 saturated heterocycles. The summed E-state index contributed by atoms with van der Waals surface area (Å²) in [5.74, 6) is 0.535. The second kappa shape index (κ2) is 3.60. The Balaban J connectivity index is 2.13. The lowest BCUT2D eigenvalue weighted by Crippen LogP contribution is -1.92. The molecule has 1 atom stereocenters. The van der Waals surface area contributed by atoms with Crippen molar-refractivity contribution in [3.05, 3.63) is 41.8 Å². The second-order valence-electron chi connectivity index (χ2n) is 3.57.